The van der Waals surface area contributed by atoms with Crippen LogP contribution in [0.25, 0.3) is 0 Å². The zero-order chi connectivity index (χ0) is 22.2. The Morgan fingerprint density at radius 3 is 2.47 bits per heavy atom. The lowest BCUT2D eigenvalue weighted by atomic mass is 10.1. The third-order valence-corrected chi connectivity index (χ3v) is 6.17. The van der Waals surface area contributed by atoms with Crippen LogP contribution < -0.4 is 15.8 Å². The molecule has 32 heavy (non-hydrogen) atoms. The summed E-state index contributed by atoms with van der Waals surface area (Å²) in [4.78, 5) is 21.4. The van der Waals surface area contributed by atoms with Crippen LogP contribution in [0.1, 0.15) is 25.7 Å². The van der Waals surface area contributed by atoms with Crippen molar-refractivity contribution >= 4 is 17.6 Å². The molecule has 7 heteroatoms. The van der Waals surface area contributed by atoms with E-state index in [1.54, 1.807) is 0 Å². The van der Waals surface area contributed by atoms with Gasteiger partial charge < -0.3 is 20.7 Å². The van der Waals surface area contributed by atoms with Gasteiger partial charge in [0, 0.05) is 50.4 Å². The second kappa shape index (κ2) is 11.0. The van der Waals surface area contributed by atoms with Gasteiger partial charge in [-0.05, 0) is 37.1 Å². The maximum Gasteiger partial charge on any atom is 0.225 e. The molecule has 1 saturated heterocycles. The van der Waals surface area contributed by atoms with E-state index >= 15 is 0 Å². The number of rotatable bonds is 7. The number of benzene rings is 2. The molecule has 2 aromatic carbocycles. The van der Waals surface area contributed by atoms with Crippen LogP contribution >= 0.6 is 0 Å². The van der Waals surface area contributed by atoms with Gasteiger partial charge in [-0.15, -0.1) is 0 Å². The molecule has 0 unspecified atom stereocenters. The zero-order valence-corrected chi connectivity index (χ0v) is 18.6. The fourth-order valence-electron chi connectivity index (χ4n) is 4.38. The Morgan fingerprint density at radius 1 is 1.00 bits per heavy atom. The van der Waals surface area contributed by atoms with Gasteiger partial charge in [-0.3, -0.25) is 14.7 Å². The number of carbonyl (C=O) groups is 1. The number of anilines is 1. The van der Waals surface area contributed by atoms with Crippen LogP contribution in [-0.2, 0) is 4.79 Å². The molecule has 2 fully saturated rings. The summed E-state index contributed by atoms with van der Waals surface area (Å²) in [6.45, 7) is 4.91. The molecule has 0 radical (unpaired) electrons. The van der Waals surface area contributed by atoms with Crippen molar-refractivity contribution in [2.75, 3.05) is 44.6 Å². The molecular formula is C25H33N5O2. The number of piperazine rings is 1. The number of nitrogens with one attached hydrogen (secondary N) is 1. The summed E-state index contributed by atoms with van der Waals surface area (Å²) in [6.07, 6.45) is 4.55. The van der Waals surface area contributed by atoms with E-state index in [0.29, 0.717) is 18.4 Å². The average molecular weight is 436 g/mol. The lowest BCUT2D eigenvalue weighted by Crippen LogP contribution is -2.50. The number of carbonyl (C=O) groups excluding carboxylic acids is 1. The van der Waals surface area contributed by atoms with Gasteiger partial charge in [0.15, 0.2) is 5.96 Å². The van der Waals surface area contributed by atoms with E-state index < -0.39 is 0 Å². The standard InChI is InChI=1S/C25H33N5O2/c26-25(28-21-9-6-12-23(19-21)32-22-10-2-1-3-11-22)27-13-14-29-15-17-30(18-16-29)24(31)20-7-4-5-8-20/h1-3,6,9-12,19-20H,4-5,7-8,13-18H2,(H3,26,27,28). The molecule has 0 atom stereocenters. The molecule has 7 nitrogen and oxygen atoms in total. The van der Waals surface area contributed by atoms with Gasteiger partial charge >= 0.3 is 0 Å². The highest BCUT2D eigenvalue weighted by Gasteiger charge is 2.29. The summed E-state index contributed by atoms with van der Waals surface area (Å²) >= 11 is 0. The SMILES string of the molecule is NC(=NCCN1CCN(C(=O)C2CCCC2)CC1)Nc1cccc(Oc2ccccc2)c1. The second-order valence-electron chi connectivity index (χ2n) is 8.48. The number of aliphatic imine (C=N–C) groups is 1. The van der Waals surface area contributed by atoms with Crippen LogP contribution in [-0.4, -0.2) is 60.9 Å². The molecule has 1 aliphatic carbocycles. The first-order valence-corrected chi connectivity index (χ1v) is 11.6. The molecule has 1 heterocycles. The number of guanidine groups is 1. The highest BCUT2D eigenvalue weighted by atomic mass is 16.5. The second-order valence-corrected chi connectivity index (χ2v) is 8.48. The molecule has 170 valence electrons. The Labute approximate surface area is 190 Å². The molecule has 1 saturated carbocycles. The lowest BCUT2D eigenvalue weighted by Gasteiger charge is -2.35. The Hall–Kier alpha value is -3.06. The van der Waals surface area contributed by atoms with E-state index in [1.807, 2.05) is 54.6 Å². The molecule has 1 amide bonds. The van der Waals surface area contributed by atoms with Gasteiger partial charge in [0.2, 0.25) is 5.91 Å². The van der Waals surface area contributed by atoms with Crippen molar-refractivity contribution in [2.45, 2.75) is 25.7 Å². The van der Waals surface area contributed by atoms with Crippen LogP contribution in [0.15, 0.2) is 59.6 Å². The minimum absolute atomic E-state index is 0.272. The summed E-state index contributed by atoms with van der Waals surface area (Å²) in [5.41, 5.74) is 6.91. The van der Waals surface area contributed by atoms with Crippen molar-refractivity contribution in [1.82, 2.24) is 9.80 Å². The normalized spacial score (nSPS) is 18.0. The van der Waals surface area contributed by atoms with Crippen LogP contribution in [0, 0.1) is 5.92 Å². The van der Waals surface area contributed by atoms with Crippen molar-refractivity contribution < 1.29 is 9.53 Å². The smallest absolute Gasteiger partial charge is 0.225 e. The summed E-state index contributed by atoms with van der Waals surface area (Å²) in [6, 6.07) is 17.3. The summed E-state index contributed by atoms with van der Waals surface area (Å²) in [7, 11) is 0. The molecule has 2 aromatic rings. The summed E-state index contributed by atoms with van der Waals surface area (Å²) < 4.78 is 5.86. The maximum absolute atomic E-state index is 12.6. The largest absolute Gasteiger partial charge is 0.457 e. The molecule has 2 aliphatic rings. The molecule has 4 rings (SSSR count). The van der Waals surface area contributed by atoms with Gasteiger partial charge in [-0.2, -0.15) is 0 Å². The molecular weight excluding hydrogens is 402 g/mol. The van der Waals surface area contributed by atoms with Crippen LogP contribution in [0.2, 0.25) is 0 Å². The predicted octanol–water partition coefficient (Wildman–Crippen LogP) is 3.54. The molecule has 3 N–H and O–H groups in total. The lowest BCUT2D eigenvalue weighted by molar-refractivity contribution is -0.137. The van der Waals surface area contributed by atoms with E-state index in [-0.39, 0.29) is 5.92 Å². The van der Waals surface area contributed by atoms with Gasteiger partial charge in [0.05, 0.1) is 6.54 Å². The average Bonchev–Trinajstić information content (AvgIpc) is 3.35. The minimum Gasteiger partial charge on any atom is -0.457 e. The summed E-state index contributed by atoms with van der Waals surface area (Å²) in [5.74, 6) is 2.55. The minimum atomic E-state index is 0.272. The van der Waals surface area contributed by atoms with Crippen molar-refractivity contribution in [3.05, 3.63) is 54.6 Å². The molecule has 0 aromatic heterocycles. The first kappa shape index (κ1) is 22.1. The van der Waals surface area contributed by atoms with E-state index in [4.69, 9.17) is 10.5 Å². The van der Waals surface area contributed by atoms with E-state index in [2.05, 4.69) is 20.1 Å². The fourth-order valence-corrected chi connectivity index (χ4v) is 4.38. The number of nitrogens with two attached hydrogens (primary N) is 1. The van der Waals surface area contributed by atoms with Crippen molar-refractivity contribution in [2.24, 2.45) is 16.6 Å². The van der Waals surface area contributed by atoms with Crippen LogP contribution in [0.5, 0.6) is 11.5 Å². The van der Waals surface area contributed by atoms with E-state index in [0.717, 1.165) is 62.8 Å². The fraction of sp³-hybridized carbons (Fsp3) is 0.440. The van der Waals surface area contributed by atoms with Crippen molar-refractivity contribution in [3.63, 3.8) is 0 Å². The third-order valence-electron chi connectivity index (χ3n) is 6.17. The number of nitrogens with zero attached hydrogens (tertiary/aromatic N) is 3. The van der Waals surface area contributed by atoms with Gasteiger partial charge in [0.1, 0.15) is 11.5 Å². The Balaban J connectivity index is 1.19. The number of amides is 1. The number of hydrogen-bond donors (Lipinski definition) is 2. The van der Waals surface area contributed by atoms with Gasteiger partial charge in [-0.25, -0.2) is 0 Å². The van der Waals surface area contributed by atoms with Crippen LogP contribution in [0.3, 0.4) is 0 Å². The molecule has 0 bridgehead atoms. The third kappa shape index (κ3) is 6.23. The number of ether oxygens (including phenoxy) is 1. The van der Waals surface area contributed by atoms with Crippen molar-refractivity contribution in [3.8, 4) is 11.5 Å². The maximum atomic E-state index is 12.6. The van der Waals surface area contributed by atoms with Gasteiger partial charge in [0.25, 0.3) is 0 Å². The first-order chi connectivity index (χ1) is 15.7. The highest BCUT2D eigenvalue weighted by Crippen LogP contribution is 2.27. The Bertz CT molecular complexity index is 904. The monoisotopic (exact) mass is 435 g/mol. The molecule has 0 spiro atoms. The zero-order valence-electron chi connectivity index (χ0n) is 18.6. The van der Waals surface area contributed by atoms with E-state index in [1.165, 1.54) is 12.8 Å². The van der Waals surface area contributed by atoms with Crippen molar-refractivity contribution in [1.29, 1.82) is 0 Å². The Morgan fingerprint density at radius 2 is 1.72 bits per heavy atom. The summed E-state index contributed by atoms with van der Waals surface area (Å²) in [5, 5.41) is 3.14. The number of para-hydroxylation sites is 1. The first-order valence-electron chi connectivity index (χ1n) is 11.6. The quantitative estimate of drug-likeness (QED) is 0.513. The Kier molecular flexibility index (Phi) is 7.61. The predicted molar refractivity (Wildman–Crippen MR) is 128 cm³/mol. The molecule has 1 aliphatic heterocycles. The van der Waals surface area contributed by atoms with E-state index in [9.17, 15) is 4.79 Å². The highest BCUT2D eigenvalue weighted by molar-refractivity contribution is 5.92. The topological polar surface area (TPSA) is 83.2 Å². The number of hydrogen-bond acceptors (Lipinski definition) is 4. The van der Waals surface area contributed by atoms with Crippen LogP contribution in [0.4, 0.5) is 5.69 Å². The van der Waals surface area contributed by atoms with Gasteiger partial charge in [-0.1, -0.05) is 37.1 Å².